The topological polar surface area (TPSA) is 82.6 Å². The van der Waals surface area contributed by atoms with E-state index in [-0.39, 0.29) is 5.91 Å². The van der Waals surface area contributed by atoms with Crippen molar-refractivity contribution < 1.29 is 19.0 Å². The molecule has 174 valence electrons. The Morgan fingerprint density at radius 2 is 1.79 bits per heavy atom. The molecule has 1 N–H and O–H groups in total. The maximum atomic E-state index is 12.6. The molecule has 1 aromatic heterocycles. The number of para-hydroxylation sites is 1. The number of methoxy groups -OCH3 is 2. The van der Waals surface area contributed by atoms with Crippen LogP contribution >= 0.6 is 11.8 Å². The summed E-state index contributed by atoms with van der Waals surface area (Å²) in [5.41, 5.74) is 3.15. The summed E-state index contributed by atoms with van der Waals surface area (Å²) in [6.07, 6.45) is 1.54. The van der Waals surface area contributed by atoms with Crippen molar-refractivity contribution in [2.75, 3.05) is 32.8 Å². The number of anilines is 1. The minimum Gasteiger partial charge on any atom is -0.493 e. The Kier molecular flexibility index (Phi) is 7.95. The van der Waals surface area contributed by atoms with Crippen LogP contribution in [0, 0.1) is 0 Å². The van der Waals surface area contributed by atoms with Gasteiger partial charge in [-0.05, 0) is 35.9 Å². The Morgan fingerprint density at radius 1 is 0.941 bits per heavy atom. The number of benzene rings is 3. The van der Waals surface area contributed by atoms with Gasteiger partial charge in [-0.25, -0.2) is 9.97 Å². The van der Waals surface area contributed by atoms with Gasteiger partial charge >= 0.3 is 0 Å². The minimum absolute atomic E-state index is 0.142. The zero-order valence-corrected chi connectivity index (χ0v) is 19.8. The molecule has 8 heteroatoms. The Labute approximate surface area is 202 Å². The zero-order valence-electron chi connectivity index (χ0n) is 19.0. The fourth-order valence-corrected chi connectivity index (χ4v) is 4.27. The second-order valence-electron chi connectivity index (χ2n) is 7.35. The van der Waals surface area contributed by atoms with Crippen molar-refractivity contribution in [3.8, 4) is 11.5 Å². The van der Waals surface area contributed by atoms with E-state index in [0.717, 1.165) is 27.2 Å². The average molecular weight is 476 g/mol. The van der Waals surface area contributed by atoms with Crippen LogP contribution in [-0.4, -0.2) is 43.3 Å². The number of nitrogens with one attached hydrogen (secondary N) is 1. The number of hydrogen-bond acceptors (Lipinski definition) is 7. The van der Waals surface area contributed by atoms with Crippen LogP contribution in [0.25, 0.3) is 10.9 Å². The Bertz CT molecular complexity index is 1270. The fourth-order valence-electron chi connectivity index (χ4n) is 3.34. The molecule has 4 rings (SSSR count). The van der Waals surface area contributed by atoms with E-state index in [4.69, 9.17) is 14.2 Å². The van der Waals surface area contributed by atoms with Crippen molar-refractivity contribution in [2.24, 2.45) is 0 Å². The highest BCUT2D eigenvalue weighted by Crippen LogP contribution is 2.36. The quantitative estimate of drug-likeness (QED) is 0.192. The molecule has 1 amide bonds. The third kappa shape index (κ3) is 5.84. The first-order valence-electron chi connectivity index (χ1n) is 10.7. The lowest BCUT2D eigenvalue weighted by Gasteiger charge is -2.13. The molecule has 34 heavy (non-hydrogen) atoms. The average Bonchev–Trinajstić information content (AvgIpc) is 2.88. The van der Waals surface area contributed by atoms with Gasteiger partial charge in [0.15, 0.2) is 11.5 Å². The van der Waals surface area contributed by atoms with Gasteiger partial charge in [0, 0.05) is 35.6 Å². The molecule has 3 aromatic carbocycles. The molecule has 0 aliphatic rings. The molecule has 0 spiro atoms. The van der Waals surface area contributed by atoms with E-state index in [2.05, 4.69) is 15.3 Å². The highest BCUT2D eigenvalue weighted by Gasteiger charge is 2.13. The third-order valence-corrected chi connectivity index (χ3v) is 6.10. The van der Waals surface area contributed by atoms with E-state index in [1.54, 1.807) is 32.3 Å². The van der Waals surface area contributed by atoms with Gasteiger partial charge in [-0.2, -0.15) is 0 Å². The van der Waals surface area contributed by atoms with E-state index >= 15 is 0 Å². The van der Waals surface area contributed by atoms with Crippen LogP contribution in [0.2, 0.25) is 0 Å². The molecule has 0 atom stereocenters. The van der Waals surface area contributed by atoms with Crippen molar-refractivity contribution in [3.63, 3.8) is 0 Å². The molecule has 0 unspecified atom stereocenters. The second-order valence-corrected chi connectivity index (χ2v) is 8.31. The van der Waals surface area contributed by atoms with E-state index < -0.39 is 0 Å². The van der Waals surface area contributed by atoms with Gasteiger partial charge in [0.05, 0.1) is 19.2 Å². The summed E-state index contributed by atoms with van der Waals surface area (Å²) >= 11 is 1.57. The minimum atomic E-state index is -0.142. The van der Waals surface area contributed by atoms with Crippen LogP contribution in [0.3, 0.4) is 0 Å². The Morgan fingerprint density at radius 3 is 2.59 bits per heavy atom. The number of carbonyl (C=O) groups excluding carboxylic acids is 1. The van der Waals surface area contributed by atoms with Crippen LogP contribution in [0.15, 0.2) is 78.1 Å². The smallest absolute Gasteiger partial charge is 0.255 e. The van der Waals surface area contributed by atoms with Crippen molar-refractivity contribution in [3.05, 3.63) is 84.2 Å². The van der Waals surface area contributed by atoms with Gasteiger partial charge in [-0.1, -0.05) is 30.3 Å². The first kappa shape index (κ1) is 23.5. The van der Waals surface area contributed by atoms with Crippen molar-refractivity contribution in [1.29, 1.82) is 0 Å². The second kappa shape index (κ2) is 11.5. The Hall–Kier alpha value is -3.62. The third-order valence-electron chi connectivity index (χ3n) is 5.03. The van der Waals surface area contributed by atoms with Gasteiger partial charge in [-0.3, -0.25) is 4.79 Å². The number of carbonyl (C=O) groups is 1. The largest absolute Gasteiger partial charge is 0.493 e. The normalized spacial score (nSPS) is 10.8. The fraction of sp³-hybridized carbons (Fsp3) is 0.192. The first-order valence-corrected chi connectivity index (χ1v) is 11.7. The molecule has 0 radical (unpaired) electrons. The van der Waals surface area contributed by atoms with Crippen molar-refractivity contribution in [1.82, 2.24) is 9.97 Å². The number of aromatic nitrogens is 2. The van der Waals surface area contributed by atoms with Gasteiger partial charge in [0.1, 0.15) is 18.0 Å². The summed E-state index contributed by atoms with van der Waals surface area (Å²) in [5, 5.41) is 4.62. The molecule has 0 saturated heterocycles. The SMILES string of the molecule is COCCOc1cc2ncnc(SCc3cccc(C(=O)Nc4ccccc4)c3)c2cc1OC. The highest BCUT2D eigenvalue weighted by atomic mass is 32.2. The van der Waals surface area contributed by atoms with E-state index in [1.165, 1.54) is 0 Å². The van der Waals surface area contributed by atoms with Crippen molar-refractivity contribution in [2.45, 2.75) is 10.8 Å². The maximum absolute atomic E-state index is 12.6. The van der Waals surface area contributed by atoms with Crippen LogP contribution in [0.5, 0.6) is 11.5 Å². The lowest BCUT2D eigenvalue weighted by atomic mass is 10.1. The molecule has 1 heterocycles. The molecule has 0 saturated carbocycles. The molecule has 0 aliphatic heterocycles. The Balaban J connectivity index is 1.50. The van der Waals surface area contributed by atoms with E-state index in [0.29, 0.717) is 36.0 Å². The molecular formula is C26H25N3O4S. The summed E-state index contributed by atoms with van der Waals surface area (Å²) in [6.45, 7) is 0.897. The highest BCUT2D eigenvalue weighted by molar-refractivity contribution is 7.98. The van der Waals surface area contributed by atoms with Crippen LogP contribution in [0.4, 0.5) is 5.69 Å². The summed E-state index contributed by atoms with van der Waals surface area (Å²) in [5.74, 6) is 1.72. The summed E-state index contributed by atoms with van der Waals surface area (Å²) in [4.78, 5) is 21.5. The predicted octanol–water partition coefficient (Wildman–Crippen LogP) is 5.21. The number of nitrogens with zero attached hydrogens (tertiary/aromatic N) is 2. The maximum Gasteiger partial charge on any atom is 0.255 e. The van der Waals surface area contributed by atoms with Crippen LogP contribution in [0.1, 0.15) is 15.9 Å². The van der Waals surface area contributed by atoms with Gasteiger partial charge in [-0.15, -0.1) is 11.8 Å². The van der Waals surface area contributed by atoms with Gasteiger partial charge in [0.25, 0.3) is 5.91 Å². The lowest BCUT2D eigenvalue weighted by molar-refractivity contribution is 0.102. The number of ether oxygens (including phenoxy) is 3. The summed E-state index contributed by atoms with van der Waals surface area (Å²) < 4.78 is 16.3. The number of hydrogen-bond donors (Lipinski definition) is 1. The standard InChI is InChI=1S/C26H25N3O4S/c1-31-11-12-33-24-15-22-21(14-23(24)32-2)26(28-17-27-22)34-16-18-7-6-8-19(13-18)25(30)29-20-9-4-3-5-10-20/h3-10,13-15,17H,11-12,16H2,1-2H3,(H,29,30). The summed E-state index contributed by atoms with van der Waals surface area (Å²) in [6, 6.07) is 20.7. The summed E-state index contributed by atoms with van der Waals surface area (Å²) in [7, 11) is 3.23. The van der Waals surface area contributed by atoms with Crippen LogP contribution < -0.4 is 14.8 Å². The molecule has 0 fully saturated rings. The molecular weight excluding hydrogens is 450 g/mol. The van der Waals surface area contributed by atoms with E-state index in [1.807, 2.05) is 66.7 Å². The number of amides is 1. The number of fused-ring (bicyclic) bond motifs is 1. The number of thioether (sulfide) groups is 1. The molecule has 0 bridgehead atoms. The molecule has 7 nitrogen and oxygen atoms in total. The number of rotatable bonds is 10. The zero-order chi connectivity index (χ0) is 23.8. The monoisotopic (exact) mass is 475 g/mol. The lowest BCUT2D eigenvalue weighted by Crippen LogP contribution is -2.11. The predicted molar refractivity (Wildman–Crippen MR) is 134 cm³/mol. The van der Waals surface area contributed by atoms with Gasteiger partial charge in [0.2, 0.25) is 0 Å². The molecule has 0 aliphatic carbocycles. The van der Waals surface area contributed by atoms with Crippen LogP contribution in [-0.2, 0) is 10.5 Å². The molecule has 4 aromatic rings. The van der Waals surface area contributed by atoms with E-state index in [9.17, 15) is 4.79 Å². The van der Waals surface area contributed by atoms with Crippen molar-refractivity contribution >= 4 is 34.3 Å². The van der Waals surface area contributed by atoms with Gasteiger partial charge < -0.3 is 19.5 Å². The first-order chi connectivity index (χ1) is 16.7.